The van der Waals surface area contributed by atoms with Crippen molar-refractivity contribution in [1.29, 1.82) is 0 Å². The number of nitrogens with one attached hydrogen (secondary N) is 1. The monoisotopic (exact) mass is 296 g/mol. The molecule has 2 N–H and O–H groups in total. The molecule has 2 aromatic heterocycles. The summed E-state index contributed by atoms with van der Waals surface area (Å²) in [5.74, 6) is -1.51. The highest BCUT2D eigenvalue weighted by molar-refractivity contribution is 7.12. The lowest BCUT2D eigenvalue weighted by atomic mass is 10.3. The number of carbonyl (C=O) groups excluding carboxylic acids is 1. The Labute approximate surface area is 117 Å². The molecule has 0 aliphatic carbocycles. The molecule has 0 saturated heterocycles. The number of thiophene rings is 1. The van der Waals surface area contributed by atoms with Crippen molar-refractivity contribution in [2.75, 3.05) is 6.54 Å². The lowest BCUT2D eigenvalue weighted by Crippen LogP contribution is -2.29. The number of hydrogen-bond donors (Lipinski definition) is 2. The van der Waals surface area contributed by atoms with E-state index < -0.39 is 18.4 Å². The van der Waals surface area contributed by atoms with Crippen molar-refractivity contribution in [2.24, 2.45) is 0 Å². The number of aryl methyl sites for hydroxylation is 1. The Morgan fingerprint density at radius 3 is 2.89 bits per heavy atom. The fraction of sp³-hybridized carbons (Fsp3) is 0.250. The van der Waals surface area contributed by atoms with E-state index in [1.807, 2.05) is 24.4 Å². The molecule has 2 heterocycles. The van der Waals surface area contributed by atoms with Gasteiger partial charge in [-0.3, -0.25) is 9.59 Å². The number of amides is 1. The largest absolute Gasteiger partial charge is 0.480 e. The topological polar surface area (TPSA) is 79.3 Å². The summed E-state index contributed by atoms with van der Waals surface area (Å²) in [4.78, 5) is 28.4. The van der Waals surface area contributed by atoms with Gasteiger partial charge < -0.3 is 10.4 Å². The summed E-state index contributed by atoms with van der Waals surface area (Å²) < 4.78 is 0. The second-order valence-electron chi connectivity index (χ2n) is 3.84. The number of aliphatic carboxylic acids is 1. The van der Waals surface area contributed by atoms with Crippen molar-refractivity contribution in [2.45, 2.75) is 13.3 Å². The van der Waals surface area contributed by atoms with E-state index in [1.165, 1.54) is 16.2 Å². The minimum Gasteiger partial charge on any atom is -0.480 e. The van der Waals surface area contributed by atoms with E-state index in [-0.39, 0.29) is 0 Å². The maximum Gasteiger partial charge on any atom is 0.322 e. The van der Waals surface area contributed by atoms with Crippen LogP contribution < -0.4 is 5.32 Å². The van der Waals surface area contributed by atoms with E-state index in [9.17, 15) is 9.59 Å². The zero-order valence-electron chi connectivity index (χ0n) is 10.2. The Kier molecular flexibility index (Phi) is 4.28. The van der Waals surface area contributed by atoms with Gasteiger partial charge in [-0.05, 0) is 18.4 Å². The first-order valence-corrected chi connectivity index (χ1v) is 7.24. The molecule has 5 nitrogen and oxygen atoms in total. The van der Waals surface area contributed by atoms with E-state index in [2.05, 4.69) is 10.3 Å². The Morgan fingerprint density at radius 1 is 1.47 bits per heavy atom. The average Bonchev–Trinajstić information content (AvgIpc) is 2.96. The zero-order chi connectivity index (χ0) is 13.8. The Hall–Kier alpha value is -1.73. The van der Waals surface area contributed by atoms with Gasteiger partial charge >= 0.3 is 5.97 Å². The van der Waals surface area contributed by atoms with Crippen LogP contribution in [0, 0.1) is 6.92 Å². The molecule has 2 aromatic rings. The molecule has 0 aromatic carbocycles. The summed E-state index contributed by atoms with van der Waals surface area (Å²) in [5.41, 5.74) is 0.317. The molecule has 0 atom stereocenters. The van der Waals surface area contributed by atoms with Crippen LogP contribution in [0.1, 0.15) is 25.3 Å². The van der Waals surface area contributed by atoms with Crippen LogP contribution in [0.25, 0.3) is 0 Å². The van der Waals surface area contributed by atoms with Crippen LogP contribution in [0.15, 0.2) is 17.5 Å². The molecule has 100 valence electrons. The summed E-state index contributed by atoms with van der Waals surface area (Å²) in [7, 11) is 0. The molecule has 0 aliphatic heterocycles. The van der Waals surface area contributed by atoms with Gasteiger partial charge in [0.2, 0.25) is 0 Å². The fourth-order valence-corrected chi connectivity index (χ4v) is 3.29. The van der Waals surface area contributed by atoms with Crippen molar-refractivity contribution >= 4 is 34.6 Å². The summed E-state index contributed by atoms with van der Waals surface area (Å²) in [6, 6.07) is 3.99. The van der Waals surface area contributed by atoms with Gasteiger partial charge in [-0.2, -0.15) is 0 Å². The third-order valence-electron chi connectivity index (χ3n) is 2.36. The van der Waals surface area contributed by atoms with Crippen molar-refractivity contribution < 1.29 is 14.7 Å². The molecule has 0 aliphatic rings. The third-order valence-corrected chi connectivity index (χ3v) is 4.21. The number of rotatable bonds is 5. The summed E-state index contributed by atoms with van der Waals surface area (Å²) >= 11 is 3.11. The molecule has 2 rings (SSSR count). The lowest BCUT2D eigenvalue weighted by Gasteiger charge is -1.99. The Balaban J connectivity index is 2.08. The molecule has 0 fully saturated rings. The zero-order valence-corrected chi connectivity index (χ0v) is 11.8. The number of carboxylic acid groups (broad SMARTS) is 1. The van der Waals surface area contributed by atoms with E-state index in [0.29, 0.717) is 12.1 Å². The van der Waals surface area contributed by atoms with Gasteiger partial charge in [-0.1, -0.05) is 6.07 Å². The molecule has 0 saturated carbocycles. The highest BCUT2D eigenvalue weighted by Crippen LogP contribution is 2.22. The van der Waals surface area contributed by atoms with Gasteiger partial charge in [0.1, 0.15) is 12.2 Å². The molecule has 19 heavy (non-hydrogen) atoms. The van der Waals surface area contributed by atoms with Crippen LogP contribution in [0.5, 0.6) is 0 Å². The lowest BCUT2D eigenvalue weighted by molar-refractivity contribution is -0.135. The number of nitrogens with zero attached hydrogens (tertiary/aromatic N) is 1. The molecule has 1 amide bonds. The summed E-state index contributed by atoms with van der Waals surface area (Å²) in [6.07, 6.45) is 0.704. The van der Waals surface area contributed by atoms with E-state index in [4.69, 9.17) is 5.11 Å². The SMILES string of the molecule is Cc1sc(Cc2cccs2)nc1C(=O)NCC(=O)O. The second kappa shape index (κ2) is 5.94. The van der Waals surface area contributed by atoms with Gasteiger partial charge in [-0.15, -0.1) is 22.7 Å². The standard InChI is InChI=1S/C12H12N2O3S2/c1-7-11(12(17)13-6-10(15)16)14-9(19-7)5-8-3-2-4-18-8/h2-4H,5-6H2,1H3,(H,13,17)(H,15,16). The van der Waals surface area contributed by atoms with Crippen LogP contribution in [-0.2, 0) is 11.2 Å². The van der Waals surface area contributed by atoms with E-state index >= 15 is 0 Å². The second-order valence-corrected chi connectivity index (χ2v) is 6.16. The third kappa shape index (κ3) is 3.62. The van der Waals surface area contributed by atoms with Gasteiger partial charge in [0.25, 0.3) is 5.91 Å². The van der Waals surface area contributed by atoms with Crippen molar-refractivity contribution in [3.05, 3.63) is 38.0 Å². The van der Waals surface area contributed by atoms with Crippen molar-refractivity contribution in [3.8, 4) is 0 Å². The molecule has 0 radical (unpaired) electrons. The van der Waals surface area contributed by atoms with Crippen LogP contribution >= 0.6 is 22.7 Å². The van der Waals surface area contributed by atoms with Crippen LogP contribution in [0.4, 0.5) is 0 Å². The minimum atomic E-state index is -1.07. The molecule has 0 unspecified atom stereocenters. The number of carbonyl (C=O) groups is 2. The van der Waals surface area contributed by atoms with Crippen LogP contribution in [0.3, 0.4) is 0 Å². The molecule has 7 heteroatoms. The Morgan fingerprint density at radius 2 is 2.26 bits per heavy atom. The smallest absolute Gasteiger partial charge is 0.322 e. The van der Waals surface area contributed by atoms with Crippen molar-refractivity contribution in [3.63, 3.8) is 0 Å². The quantitative estimate of drug-likeness (QED) is 0.883. The summed E-state index contributed by atoms with van der Waals surface area (Å²) in [5, 5.41) is 13.7. The number of hydrogen-bond acceptors (Lipinski definition) is 5. The normalized spacial score (nSPS) is 10.4. The van der Waals surface area contributed by atoms with Gasteiger partial charge in [0.15, 0.2) is 0 Å². The predicted octanol–water partition coefficient (Wildman–Crippen LogP) is 1.92. The molecular weight excluding hydrogens is 284 g/mol. The number of thiazole rings is 1. The molecule has 0 bridgehead atoms. The number of carboxylic acids is 1. The molecular formula is C12H12N2O3S2. The van der Waals surface area contributed by atoms with Crippen molar-refractivity contribution in [1.82, 2.24) is 10.3 Å². The van der Waals surface area contributed by atoms with E-state index in [1.54, 1.807) is 11.3 Å². The first-order chi connectivity index (χ1) is 9.06. The van der Waals surface area contributed by atoms with E-state index in [0.717, 1.165) is 9.88 Å². The first-order valence-electron chi connectivity index (χ1n) is 5.55. The average molecular weight is 296 g/mol. The maximum atomic E-state index is 11.8. The predicted molar refractivity (Wildman–Crippen MR) is 73.9 cm³/mol. The van der Waals surface area contributed by atoms with Gasteiger partial charge in [0.05, 0.1) is 5.01 Å². The van der Waals surface area contributed by atoms with Crippen LogP contribution in [-0.4, -0.2) is 28.5 Å². The fourth-order valence-electron chi connectivity index (χ4n) is 1.54. The Bertz CT molecular complexity index is 590. The van der Waals surface area contributed by atoms with Crippen LogP contribution in [0.2, 0.25) is 0 Å². The number of aromatic nitrogens is 1. The van der Waals surface area contributed by atoms with Gasteiger partial charge in [-0.25, -0.2) is 4.98 Å². The maximum absolute atomic E-state index is 11.8. The van der Waals surface area contributed by atoms with Gasteiger partial charge in [0, 0.05) is 16.2 Å². The minimum absolute atomic E-state index is 0.317. The highest BCUT2D eigenvalue weighted by Gasteiger charge is 2.16. The first kappa shape index (κ1) is 13.7. The molecule has 0 spiro atoms. The highest BCUT2D eigenvalue weighted by atomic mass is 32.1. The summed E-state index contributed by atoms with van der Waals surface area (Å²) in [6.45, 7) is 1.42.